The molecule has 0 bridgehead atoms. The van der Waals surface area contributed by atoms with Gasteiger partial charge in [-0.2, -0.15) is 11.8 Å². The zero-order chi connectivity index (χ0) is 9.10. The molecule has 3 nitrogen and oxygen atoms in total. The second kappa shape index (κ2) is 3.91. The van der Waals surface area contributed by atoms with E-state index in [0.717, 1.165) is 30.3 Å². The van der Waals surface area contributed by atoms with Gasteiger partial charge in [0, 0.05) is 5.75 Å². The lowest BCUT2D eigenvalue weighted by molar-refractivity contribution is 0.209. The monoisotopic (exact) mass is 200 g/mol. The quantitative estimate of drug-likeness (QED) is 0.724. The van der Waals surface area contributed by atoms with Gasteiger partial charge in [0.2, 0.25) is 0 Å². The summed E-state index contributed by atoms with van der Waals surface area (Å²) in [5.41, 5.74) is 0. The van der Waals surface area contributed by atoms with Crippen molar-refractivity contribution >= 4 is 11.8 Å². The third-order valence-electron chi connectivity index (χ3n) is 1.76. The summed E-state index contributed by atoms with van der Waals surface area (Å²) in [7, 11) is 0. The van der Waals surface area contributed by atoms with Crippen molar-refractivity contribution in [3.8, 4) is 6.01 Å². The van der Waals surface area contributed by atoms with E-state index in [1.165, 1.54) is 0 Å². The number of rotatable bonds is 2. The van der Waals surface area contributed by atoms with E-state index in [1.807, 2.05) is 11.8 Å². The molecule has 0 radical (unpaired) electrons. The summed E-state index contributed by atoms with van der Waals surface area (Å²) in [5, 5.41) is 0. The Bertz CT molecular complexity index is 274. The molecule has 1 aliphatic heterocycles. The molecule has 2 heterocycles. The van der Waals surface area contributed by atoms with Crippen LogP contribution in [0.15, 0.2) is 12.4 Å². The summed E-state index contributed by atoms with van der Waals surface area (Å²) < 4.78 is 17.8. The number of ether oxygens (including phenoxy) is 1. The van der Waals surface area contributed by atoms with Crippen LogP contribution in [0.4, 0.5) is 4.39 Å². The van der Waals surface area contributed by atoms with Crippen LogP contribution in [0.1, 0.15) is 6.42 Å². The molecule has 2 rings (SSSR count). The summed E-state index contributed by atoms with van der Waals surface area (Å²) in [6, 6.07) is 0.272. The number of halogens is 1. The zero-order valence-electron chi connectivity index (χ0n) is 6.94. The molecule has 1 atom stereocenters. The van der Waals surface area contributed by atoms with Gasteiger partial charge in [0.1, 0.15) is 6.10 Å². The molecule has 70 valence electrons. The minimum absolute atomic E-state index is 0.190. The highest BCUT2D eigenvalue weighted by Crippen LogP contribution is 2.20. The fraction of sp³-hybridized carbons (Fsp3) is 0.500. The second-order valence-corrected chi connectivity index (χ2v) is 3.94. The topological polar surface area (TPSA) is 35.0 Å². The van der Waals surface area contributed by atoms with Crippen molar-refractivity contribution in [2.45, 2.75) is 12.5 Å². The van der Waals surface area contributed by atoms with Gasteiger partial charge >= 0.3 is 6.01 Å². The lowest BCUT2D eigenvalue weighted by atomic mass is 10.3. The fourth-order valence-electron chi connectivity index (χ4n) is 1.12. The Morgan fingerprint density at radius 3 is 2.85 bits per heavy atom. The lowest BCUT2D eigenvalue weighted by Gasteiger charge is -2.09. The zero-order valence-corrected chi connectivity index (χ0v) is 7.76. The Balaban J connectivity index is 1.97. The predicted octanol–water partition coefficient (Wildman–Crippen LogP) is 1.50. The Labute approximate surface area is 79.7 Å². The van der Waals surface area contributed by atoms with Gasteiger partial charge in [0.25, 0.3) is 0 Å². The summed E-state index contributed by atoms with van der Waals surface area (Å²) in [5.74, 6) is 1.65. The highest BCUT2D eigenvalue weighted by molar-refractivity contribution is 7.99. The number of hydrogen-bond acceptors (Lipinski definition) is 4. The van der Waals surface area contributed by atoms with Crippen molar-refractivity contribution in [3.63, 3.8) is 0 Å². The fourth-order valence-corrected chi connectivity index (χ4v) is 2.21. The van der Waals surface area contributed by atoms with Crippen molar-refractivity contribution in [1.29, 1.82) is 0 Å². The Kier molecular flexibility index (Phi) is 2.63. The van der Waals surface area contributed by atoms with E-state index in [-0.39, 0.29) is 12.1 Å². The standard InChI is InChI=1S/C8H9FN2OS/c9-6-3-10-8(11-4-6)12-7-1-2-13-5-7/h3-4,7H,1-2,5H2. The smallest absolute Gasteiger partial charge is 0.316 e. The third kappa shape index (κ3) is 2.30. The van der Waals surface area contributed by atoms with E-state index >= 15 is 0 Å². The van der Waals surface area contributed by atoms with Crippen LogP contribution in [0, 0.1) is 5.82 Å². The molecule has 5 heteroatoms. The Morgan fingerprint density at radius 2 is 2.23 bits per heavy atom. The van der Waals surface area contributed by atoms with Gasteiger partial charge in [-0.05, 0) is 12.2 Å². The summed E-state index contributed by atoms with van der Waals surface area (Å²) in [6.45, 7) is 0. The molecule has 0 aromatic carbocycles. The molecule has 0 amide bonds. The molecular formula is C8H9FN2OS. The van der Waals surface area contributed by atoms with Crippen LogP contribution in [-0.4, -0.2) is 27.6 Å². The van der Waals surface area contributed by atoms with Gasteiger partial charge in [-0.15, -0.1) is 0 Å². The van der Waals surface area contributed by atoms with E-state index in [0.29, 0.717) is 0 Å². The second-order valence-electron chi connectivity index (χ2n) is 2.79. The van der Waals surface area contributed by atoms with Crippen molar-refractivity contribution in [2.75, 3.05) is 11.5 Å². The minimum atomic E-state index is -0.437. The van der Waals surface area contributed by atoms with Crippen LogP contribution in [0.2, 0.25) is 0 Å². The molecule has 13 heavy (non-hydrogen) atoms. The number of thioether (sulfide) groups is 1. The van der Waals surface area contributed by atoms with Crippen LogP contribution < -0.4 is 4.74 Å². The minimum Gasteiger partial charge on any atom is -0.459 e. The van der Waals surface area contributed by atoms with Gasteiger partial charge in [0.05, 0.1) is 12.4 Å². The van der Waals surface area contributed by atoms with Crippen LogP contribution in [0.25, 0.3) is 0 Å². The van der Waals surface area contributed by atoms with Gasteiger partial charge in [-0.3, -0.25) is 0 Å². The summed E-state index contributed by atoms with van der Waals surface area (Å²) in [6.07, 6.45) is 3.44. The van der Waals surface area contributed by atoms with Crippen LogP contribution in [0.5, 0.6) is 6.01 Å². The molecule has 0 N–H and O–H groups in total. The first kappa shape index (κ1) is 8.74. The molecule has 1 unspecified atom stereocenters. The van der Waals surface area contributed by atoms with E-state index < -0.39 is 5.82 Å². The highest BCUT2D eigenvalue weighted by atomic mass is 32.2. The van der Waals surface area contributed by atoms with Crippen LogP contribution >= 0.6 is 11.8 Å². The van der Waals surface area contributed by atoms with Crippen molar-refractivity contribution in [3.05, 3.63) is 18.2 Å². The summed E-state index contributed by atoms with van der Waals surface area (Å²) in [4.78, 5) is 7.45. The van der Waals surface area contributed by atoms with Crippen LogP contribution in [-0.2, 0) is 0 Å². The van der Waals surface area contributed by atoms with E-state index in [2.05, 4.69) is 9.97 Å². The molecule has 0 saturated carbocycles. The average molecular weight is 200 g/mol. The van der Waals surface area contributed by atoms with Gasteiger partial charge in [-0.25, -0.2) is 14.4 Å². The number of aromatic nitrogens is 2. The first-order valence-corrected chi connectivity index (χ1v) is 5.22. The van der Waals surface area contributed by atoms with Crippen molar-refractivity contribution in [2.24, 2.45) is 0 Å². The van der Waals surface area contributed by atoms with E-state index in [9.17, 15) is 4.39 Å². The van der Waals surface area contributed by atoms with Crippen LogP contribution in [0.3, 0.4) is 0 Å². The SMILES string of the molecule is Fc1cnc(OC2CCSC2)nc1. The first-order valence-electron chi connectivity index (χ1n) is 4.06. The molecule has 0 aliphatic carbocycles. The maximum Gasteiger partial charge on any atom is 0.316 e. The molecule has 1 aromatic rings. The predicted molar refractivity (Wildman–Crippen MR) is 48.3 cm³/mol. The average Bonchev–Trinajstić information content (AvgIpc) is 2.62. The first-order chi connectivity index (χ1) is 6.34. The molecular weight excluding hydrogens is 191 g/mol. The van der Waals surface area contributed by atoms with Crippen molar-refractivity contribution in [1.82, 2.24) is 9.97 Å². The molecule has 1 aliphatic rings. The van der Waals surface area contributed by atoms with E-state index in [4.69, 9.17) is 4.74 Å². The normalized spacial score (nSPS) is 21.8. The molecule has 1 aromatic heterocycles. The van der Waals surface area contributed by atoms with Gasteiger partial charge < -0.3 is 4.74 Å². The lowest BCUT2D eigenvalue weighted by Crippen LogP contribution is -2.16. The Morgan fingerprint density at radius 1 is 1.46 bits per heavy atom. The van der Waals surface area contributed by atoms with Crippen molar-refractivity contribution < 1.29 is 9.13 Å². The summed E-state index contributed by atoms with van der Waals surface area (Å²) >= 11 is 1.85. The highest BCUT2D eigenvalue weighted by Gasteiger charge is 2.17. The number of hydrogen-bond donors (Lipinski definition) is 0. The molecule has 1 saturated heterocycles. The maximum atomic E-state index is 12.4. The number of nitrogens with zero attached hydrogens (tertiary/aromatic N) is 2. The maximum absolute atomic E-state index is 12.4. The largest absolute Gasteiger partial charge is 0.459 e. The molecule has 1 fully saturated rings. The Hall–Kier alpha value is -0.840. The van der Waals surface area contributed by atoms with E-state index in [1.54, 1.807) is 0 Å². The third-order valence-corrected chi connectivity index (χ3v) is 2.89. The van der Waals surface area contributed by atoms with Gasteiger partial charge in [-0.1, -0.05) is 0 Å². The van der Waals surface area contributed by atoms with Gasteiger partial charge in [0.15, 0.2) is 5.82 Å². The molecule has 0 spiro atoms.